The molecule has 0 radical (unpaired) electrons. The fraction of sp³-hybridized carbons (Fsp3) is 0.364. The van der Waals surface area contributed by atoms with Gasteiger partial charge in [0.05, 0.1) is 6.04 Å². The van der Waals surface area contributed by atoms with Crippen molar-refractivity contribution < 1.29 is 4.79 Å². The smallest absolute Gasteiger partial charge is 0.239 e. The van der Waals surface area contributed by atoms with E-state index < -0.39 is 6.04 Å². The molecule has 2 N–H and O–H groups in total. The van der Waals surface area contributed by atoms with Gasteiger partial charge in [-0.15, -0.1) is 0 Å². The van der Waals surface area contributed by atoms with E-state index in [1.807, 2.05) is 0 Å². The van der Waals surface area contributed by atoms with Crippen LogP contribution in [0.15, 0.2) is 18.2 Å². The topological polar surface area (TPSA) is 46.3 Å². The standard InChI is InChI=1S/C11H14Cl2N2O/c1-7(14)11(16)15(2)6-8-3-4-9(12)5-10(8)13/h3-5,7H,6,14H2,1-2H3/t7-/m1/s1. The Hall–Kier alpha value is -0.770. The van der Waals surface area contributed by atoms with E-state index in [1.54, 1.807) is 37.1 Å². The number of hydrogen-bond acceptors (Lipinski definition) is 2. The van der Waals surface area contributed by atoms with Crippen LogP contribution < -0.4 is 5.73 Å². The molecule has 1 aromatic rings. The van der Waals surface area contributed by atoms with Crippen LogP contribution in [0.25, 0.3) is 0 Å². The zero-order valence-electron chi connectivity index (χ0n) is 9.21. The number of rotatable bonds is 3. The highest BCUT2D eigenvalue weighted by atomic mass is 35.5. The molecule has 1 atom stereocenters. The highest BCUT2D eigenvalue weighted by molar-refractivity contribution is 6.35. The van der Waals surface area contributed by atoms with Crippen molar-refractivity contribution >= 4 is 29.1 Å². The van der Waals surface area contributed by atoms with E-state index in [4.69, 9.17) is 28.9 Å². The van der Waals surface area contributed by atoms with Gasteiger partial charge in [0.15, 0.2) is 0 Å². The van der Waals surface area contributed by atoms with Gasteiger partial charge in [0.1, 0.15) is 0 Å². The minimum atomic E-state index is -0.504. The molecule has 0 heterocycles. The SMILES string of the molecule is C[C@@H](N)C(=O)N(C)Cc1ccc(Cl)cc1Cl. The summed E-state index contributed by atoms with van der Waals surface area (Å²) in [5, 5.41) is 1.13. The third-order valence-corrected chi connectivity index (χ3v) is 2.78. The van der Waals surface area contributed by atoms with E-state index >= 15 is 0 Å². The normalized spacial score (nSPS) is 12.3. The van der Waals surface area contributed by atoms with Crippen LogP contribution in [0, 0.1) is 0 Å². The van der Waals surface area contributed by atoms with Crippen molar-refractivity contribution in [3.63, 3.8) is 0 Å². The van der Waals surface area contributed by atoms with Gasteiger partial charge in [0.25, 0.3) is 0 Å². The zero-order valence-corrected chi connectivity index (χ0v) is 10.7. The average molecular weight is 261 g/mol. The van der Waals surface area contributed by atoms with Gasteiger partial charge in [-0.2, -0.15) is 0 Å². The van der Waals surface area contributed by atoms with Gasteiger partial charge >= 0.3 is 0 Å². The van der Waals surface area contributed by atoms with E-state index in [1.165, 1.54) is 0 Å². The summed E-state index contributed by atoms with van der Waals surface area (Å²) in [5.74, 6) is -0.119. The van der Waals surface area contributed by atoms with E-state index in [9.17, 15) is 4.79 Å². The van der Waals surface area contributed by atoms with Crippen molar-refractivity contribution in [2.24, 2.45) is 5.73 Å². The van der Waals surface area contributed by atoms with Gasteiger partial charge in [0, 0.05) is 23.6 Å². The summed E-state index contributed by atoms with van der Waals surface area (Å²) in [5.41, 5.74) is 6.36. The molecule has 0 aliphatic heterocycles. The van der Waals surface area contributed by atoms with Crippen LogP contribution >= 0.6 is 23.2 Å². The fourth-order valence-corrected chi connectivity index (χ4v) is 1.80. The molecule has 0 saturated heterocycles. The van der Waals surface area contributed by atoms with Crippen LogP contribution in [0.5, 0.6) is 0 Å². The second-order valence-electron chi connectivity index (χ2n) is 3.72. The number of nitrogens with two attached hydrogens (primary N) is 1. The molecule has 3 nitrogen and oxygen atoms in total. The number of carbonyl (C=O) groups is 1. The number of halogens is 2. The lowest BCUT2D eigenvalue weighted by Crippen LogP contribution is -2.39. The molecule has 1 amide bonds. The number of nitrogens with zero attached hydrogens (tertiary/aromatic N) is 1. The molecule has 5 heteroatoms. The third-order valence-electron chi connectivity index (χ3n) is 2.19. The van der Waals surface area contributed by atoms with E-state index in [0.717, 1.165) is 5.56 Å². The second kappa shape index (κ2) is 5.53. The first-order chi connectivity index (χ1) is 7.41. The summed E-state index contributed by atoms with van der Waals surface area (Å²) in [6, 6.07) is 4.70. The van der Waals surface area contributed by atoms with Crippen molar-refractivity contribution in [3.05, 3.63) is 33.8 Å². The van der Waals surface area contributed by atoms with Crippen LogP contribution in [0.3, 0.4) is 0 Å². The van der Waals surface area contributed by atoms with Gasteiger partial charge in [-0.3, -0.25) is 4.79 Å². The molecule has 0 saturated carbocycles. The Kier molecular flexibility index (Phi) is 4.59. The lowest BCUT2D eigenvalue weighted by molar-refractivity contribution is -0.131. The first kappa shape index (κ1) is 13.3. The molecular formula is C11H14Cl2N2O. The minimum absolute atomic E-state index is 0.119. The van der Waals surface area contributed by atoms with E-state index in [0.29, 0.717) is 16.6 Å². The first-order valence-electron chi connectivity index (χ1n) is 4.86. The van der Waals surface area contributed by atoms with Crippen LogP contribution in [0.4, 0.5) is 0 Å². The Labute approximate surface area is 105 Å². The number of carbonyl (C=O) groups excluding carboxylic acids is 1. The minimum Gasteiger partial charge on any atom is -0.340 e. The Bertz CT molecular complexity index is 394. The van der Waals surface area contributed by atoms with E-state index in [-0.39, 0.29) is 5.91 Å². The quantitative estimate of drug-likeness (QED) is 0.907. The Morgan fingerprint density at radius 2 is 2.12 bits per heavy atom. The molecule has 16 heavy (non-hydrogen) atoms. The predicted molar refractivity (Wildman–Crippen MR) is 66.6 cm³/mol. The molecule has 1 aromatic carbocycles. The Morgan fingerprint density at radius 1 is 1.50 bits per heavy atom. The predicted octanol–water partition coefficient (Wildman–Crippen LogP) is 2.30. The highest BCUT2D eigenvalue weighted by Gasteiger charge is 2.14. The van der Waals surface area contributed by atoms with Gasteiger partial charge in [0.2, 0.25) is 5.91 Å². The Balaban J connectivity index is 2.77. The molecule has 0 unspecified atom stereocenters. The lowest BCUT2D eigenvalue weighted by atomic mass is 10.2. The molecule has 1 rings (SSSR count). The van der Waals surface area contributed by atoms with E-state index in [2.05, 4.69) is 0 Å². The van der Waals surface area contributed by atoms with Crippen LogP contribution in [-0.2, 0) is 11.3 Å². The first-order valence-corrected chi connectivity index (χ1v) is 5.62. The Morgan fingerprint density at radius 3 is 2.62 bits per heavy atom. The van der Waals surface area contributed by atoms with Gasteiger partial charge in [-0.1, -0.05) is 29.3 Å². The summed E-state index contributed by atoms with van der Waals surface area (Å²) in [4.78, 5) is 13.1. The van der Waals surface area contributed by atoms with Crippen molar-refractivity contribution in [2.45, 2.75) is 19.5 Å². The van der Waals surface area contributed by atoms with Crippen molar-refractivity contribution in [3.8, 4) is 0 Å². The summed E-state index contributed by atoms with van der Waals surface area (Å²) in [6.07, 6.45) is 0. The van der Waals surface area contributed by atoms with Crippen LogP contribution in [0.2, 0.25) is 10.0 Å². The van der Waals surface area contributed by atoms with Crippen molar-refractivity contribution in [1.82, 2.24) is 4.90 Å². The molecule has 0 aromatic heterocycles. The molecule has 0 fully saturated rings. The lowest BCUT2D eigenvalue weighted by Gasteiger charge is -2.20. The van der Waals surface area contributed by atoms with Gasteiger partial charge < -0.3 is 10.6 Å². The van der Waals surface area contributed by atoms with Crippen LogP contribution in [0.1, 0.15) is 12.5 Å². The van der Waals surface area contributed by atoms with Gasteiger partial charge in [-0.05, 0) is 24.6 Å². The fourth-order valence-electron chi connectivity index (χ4n) is 1.33. The summed E-state index contributed by atoms with van der Waals surface area (Å²) >= 11 is 11.8. The number of amides is 1. The summed E-state index contributed by atoms with van der Waals surface area (Å²) < 4.78 is 0. The molecule has 88 valence electrons. The number of benzene rings is 1. The number of hydrogen-bond donors (Lipinski definition) is 1. The average Bonchev–Trinajstić information content (AvgIpc) is 2.20. The summed E-state index contributed by atoms with van der Waals surface area (Å²) in [6.45, 7) is 2.08. The maximum Gasteiger partial charge on any atom is 0.239 e. The van der Waals surface area contributed by atoms with Crippen LogP contribution in [-0.4, -0.2) is 23.9 Å². The largest absolute Gasteiger partial charge is 0.340 e. The second-order valence-corrected chi connectivity index (χ2v) is 4.56. The molecule has 0 aliphatic carbocycles. The third kappa shape index (κ3) is 3.37. The highest BCUT2D eigenvalue weighted by Crippen LogP contribution is 2.22. The van der Waals surface area contributed by atoms with Crippen molar-refractivity contribution in [2.75, 3.05) is 7.05 Å². The molecule has 0 aliphatic rings. The monoisotopic (exact) mass is 260 g/mol. The van der Waals surface area contributed by atoms with Crippen molar-refractivity contribution in [1.29, 1.82) is 0 Å². The maximum atomic E-state index is 11.6. The number of likely N-dealkylation sites (N-methyl/N-ethyl adjacent to an activating group) is 1. The molecular weight excluding hydrogens is 247 g/mol. The van der Waals surface area contributed by atoms with Gasteiger partial charge in [-0.25, -0.2) is 0 Å². The molecule has 0 spiro atoms. The zero-order chi connectivity index (χ0) is 12.3. The molecule has 0 bridgehead atoms. The summed E-state index contributed by atoms with van der Waals surface area (Å²) in [7, 11) is 1.69. The maximum absolute atomic E-state index is 11.6.